The fraction of sp³-hybridized carbons (Fsp3) is 0.278. The quantitative estimate of drug-likeness (QED) is 0.590. The number of rotatable bonds is 7. The fourth-order valence-electron chi connectivity index (χ4n) is 2.44. The van der Waals surface area contributed by atoms with Gasteiger partial charge in [-0.05, 0) is 44.0 Å². The number of nitrogens with zero attached hydrogens (tertiary/aromatic N) is 1. The molecule has 1 fully saturated rings. The predicted octanol–water partition coefficient (Wildman–Crippen LogP) is 3.82. The van der Waals surface area contributed by atoms with Crippen LogP contribution in [0.1, 0.15) is 30.1 Å². The summed E-state index contributed by atoms with van der Waals surface area (Å²) in [6.07, 6.45) is 2.02. The van der Waals surface area contributed by atoms with Gasteiger partial charge in [0.15, 0.2) is 0 Å². The minimum atomic E-state index is -0.477. The molecule has 7 heteroatoms. The Morgan fingerprint density at radius 1 is 1.24 bits per heavy atom. The molecule has 0 atom stereocenters. The molecule has 1 amide bonds. The summed E-state index contributed by atoms with van der Waals surface area (Å²) in [5.41, 5.74) is 1.09. The minimum Gasteiger partial charge on any atom is -0.492 e. The molecule has 130 valence electrons. The van der Waals surface area contributed by atoms with E-state index in [1.807, 2.05) is 13.0 Å². The van der Waals surface area contributed by atoms with Crippen molar-refractivity contribution in [2.45, 2.75) is 25.8 Å². The maximum absolute atomic E-state index is 12.5. The predicted molar refractivity (Wildman–Crippen MR) is 95.3 cm³/mol. The molecule has 1 saturated carbocycles. The zero-order valence-corrected chi connectivity index (χ0v) is 13.8. The number of hydrogen-bond donors (Lipinski definition) is 2. The highest BCUT2D eigenvalue weighted by Crippen LogP contribution is 2.32. The first-order chi connectivity index (χ1) is 12.1. The summed E-state index contributed by atoms with van der Waals surface area (Å²) >= 11 is 0. The Morgan fingerprint density at radius 2 is 2.00 bits per heavy atom. The number of para-hydroxylation sites is 2. The van der Waals surface area contributed by atoms with Crippen LogP contribution in [-0.4, -0.2) is 23.5 Å². The normalized spacial score (nSPS) is 13.2. The monoisotopic (exact) mass is 341 g/mol. The van der Waals surface area contributed by atoms with E-state index >= 15 is 0 Å². The van der Waals surface area contributed by atoms with Crippen molar-refractivity contribution in [2.24, 2.45) is 0 Å². The highest BCUT2D eigenvalue weighted by Gasteiger charge is 2.25. The van der Waals surface area contributed by atoms with E-state index in [0.717, 1.165) is 12.8 Å². The second-order valence-electron chi connectivity index (χ2n) is 5.79. The highest BCUT2D eigenvalue weighted by molar-refractivity contribution is 6.05. The van der Waals surface area contributed by atoms with E-state index in [1.54, 1.807) is 30.3 Å². The van der Waals surface area contributed by atoms with E-state index in [0.29, 0.717) is 23.7 Å². The van der Waals surface area contributed by atoms with Crippen LogP contribution in [0.4, 0.5) is 17.1 Å². The van der Waals surface area contributed by atoms with Gasteiger partial charge >= 0.3 is 0 Å². The molecular weight excluding hydrogens is 322 g/mol. The Morgan fingerprint density at radius 3 is 2.68 bits per heavy atom. The fourth-order valence-corrected chi connectivity index (χ4v) is 2.44. The smallest absolute Gasteiger partial charge is 0.293 e. The molecule has 0 unspecified atom stereocenters. The van der Waals surface area contributed by atoms with Crippen molar-refractivity contribution in [1.82, 2.24) is 0 Å². The van der Waals surface area contributed by atoms with Gasteiger partial charge in [-0.15, -0.1) is 0 Å². The SMILES string of the molecule is CCOc1ccccc1NC(=O)c1ccc(NC2CC2)c([N+](=O)[O-])c1. The van der Waals surface area contributed by atoms with E-state index in [9.17, 15) is 14.9 Å². The molecule has 0 saturated heterocycles. The molecule has 2 aromatic rings. The van der Waals surface area contributed by atoms with Crippen LogP contribution < -0.4 is 15.4 Å². The Labute approximate surface area is 145 Å². The van der Waals surface area contributed by atoms with E-state index < -0.39 is 10.8 Å². The molecule has 0 heterocycles. The Balaban J connectivity index is 1.82. The van der Waals surface area contributed by atoms with Gasteiger partial charge in [-0.1, -0.05) is 12.1 Å². The lowest BCUT2D eigenvalue weighted by Gasteiger charge is -2.12. The molecule has 7 nitrogen and oxygen atoms in total. The number of anilines is 2. The number of nitro benzene ring substituents is 1. The third-order valence-electron chi connectivity index (χ3n) is 3.83. The summed E-state index contributed by atoms with van der Waals surface area (Å²) in [5.74, 6) is 0.132. The third kappa shape index (κ3) is 4.06. The average Bonchev–Trinajstić information content (AvgIpc) is 3.41. The van der Waals surface area contributed by atoms with Gasteiger partial charge in [0.25, 0.3) is 11.6 Å². The van der Waals surface area contributed by atoms with Gasteiger partial charge in [-0.25, -0.2) is 0 Å². The minimum absolute atomic E-state index is 0.0994. The van der Waals surface area contributed by atoms with Gasteiger partial charge in [0.2, 0.25) is 0 Å². The van der Waals surface area contributed by atoms with Crippen LogP contribution in [0.5, 0.6) is 5.75 Å². The number of nitro groups is 1. The van der Waals surface area contributed by atoms with Crippen molar-refractivity contribution in [3.8, 4) is 5.75 Å². The van der Waals surface area contributed by atoms with Crippen LogP contribution in [0.2, 0.25) is 0 Å². The highest BCUT2D eigenvalue weighted by atomic mass is 16.6. The average molecular weight is 341 g/mol. The number of carbonyl (C=O) groups excluding carboxylic acids is 1. The maximum Gasteiger partial charge on any atom is 0.293 e. The van der Waals surface area contributed by atoms with Gasteiger partial charge in [-0.3, -0.25) is 14.9 Å². The molecule has 0 aliphatic heterocycles. The van der Waals surface area contributed by atoms with Gasteiger partial charge < -0.3 is 15.4 Å². The van der Waals surface area contributed by atoms with Crippen LogP contribution >= 0.6 is 0 Å². The van der Waals surface area contributed by atoms with Crippen molar-refractivity contribution >= 4 is 23.0 Å². The van der Waals surface area contributed by atoms with Gasteiger partial charge in [0.05, 0.1) is 17.2 Å². The Hall–Kier alpha value is -3.09. The molecule has 0 radical (unpaired) electrons. The summed E-state index contributed by atoms with van der Waals surface area (Å²) in [6.45, 7) is 2.33. The van der Waals surface area contributed by atoms with Crippen LogP contribution in [0.15, 0.2) is 42.5 Å². The second kappa shape index (κ2) is 7.21. The second-order valence-corrected chi connectivity index (χ2v) is 5.79. The van der Waals surface area contributed by atoms with Crippen molar-refractivity contribution < 1.29 is 14.5 Å². The molecule has 0 spiro atoms. The summed E-state index contributed by atoms with van der Waals surface area (Å²) in [5, 5.41) is 17.2. The lowest BCUT2D eigenvalue weighted by atomic mass is 10.1. The number of amides is 1. The zero-order chi connectivity index (χ0) is 17.8. The molecule has 3 rings (SSSR count). The Bertz CT molecular complexity index is 803. The summed E-state index contributed by atoms with van der Waals surface area (Å²) in [4.78, 5) is 23.3. The Kier molecular flexibility index (Phi) is 4.83. The summed E-state index contributed by atoms with van der Waals surface area (Å²) in [7, 11) is 0. The van der Waals surface area contributed by atoms with Crippen molar-refractivity contribution in [2.75, 3.05) is 17.2 Å². The molecule has 2 aromatic carbocycles. The molecule has 0 aromatic heterocycles. The molecular formula is C18H19N3O4. The number of carbonyl (C=O) groups is 1. The van der Waals surface area contributed by atoms with E-state index in [1.165, 1.54) is 6.07 Å². The topological polar surface area (TPSA) is 93.5 Å². The molecule has 0 bridgehead atoms. The lowest BCUT2D eigenvalue weighted by molar-refractivity contribution is -0.384. The largest absolute Gasteiger partial charge is 0.492 e. The first-order valence-electron chi connectivity index (χ1n) is 8.16. The van der Waals surface area contributed by atoms with Crippen LogP contribution in [-0.2, 0) is 0 Å². The van der Waals surface area contributed by atoms with Gasteiger partial charge in [0.1, 0.15) is 11.4 Å². The lowest BCUT2D eigenvalue weighted by Crippen LogP contribution is -2.14. The van der Waals surface area contributed by atoms with E-state index in [-0.39, 0.29) is 17.3 Å². The number of ether oxygens (including phenoxy) is 1. The molecule has 25 heavy (non-hydrogen) atoms. The zero-order valence-electron chi connectivity index (χ0n) is 13.8. The first kappa shape index (κ1) is 16.8. The van der Waals surface area contributed by atoms with Crippen LogP contribution in [0.3, 0.4) is 0 Å². The molecule has 1 aliphatic carbocycles. The maximum atomic E-state index is 12.5. The number of hydrogen-bond acceptors (Lipinski definition) is 5. The van der Waals surface area contributed by atoms with Crippen molar-refractivity contribution in [3.05, 3.63) is 58.1 Å². The standard InChI is InChI=1S/C18H19N3O4/c1-2-25-17-6-4-3-5-15(17)20-18(22)12-7-10-14(19-13-8-9-13)16(11-12)21(23)24/h3-7,10-11,13,19H,2,8-9H2,1H3,(H,20,22). The summed E-state index contributed by atoms with van der Waals surface area (Å²) in [6, 6.07) is 11.8. The molecule has 2 N–H and O–H groups in total. The number of nitrogens with one attached hydrogen (secondary N) is 2. The van der Waals surface area contributed by atoms with E-state index in [2.05, 4.69) is 10.6 Å². The summed E-state index contributed by atoms with van der Waals surface area (Å²) < 4.78 is 5.47. The number of benzene rings is 2. The van der Waals surface area contributed by atoms with Gasteiger partial charge in [0, 0.05) is 17.7 Å². The van der Waals surface area contributed by atoms with Crippen molar-refractivity contribution in [3.63, 3.8) is 0 Å². The van der Waals surface area contributed by atoms with Gasteiger partial charge in [-0.2, -0.15) is 0 Å². The molecule has 1 aliphatic rings. The van der Waals surface area contributed by atoms with Crippen LogP contribution in [0.25, 0.3) is 0 Å². The third-order valence-corrected chi connectivity index (χ3v) is 3.83. The first-order valence-corrected chi connectivity index (χ1v) is 8.16. The van der Waals surface area contributed by atoms with Crippen LogP contribution in [0, 0.1) is 10.1 Å². The van der Waals surface area contributed by atoms with E-state index in [4.69, 9.17) is 4.74 Å². The van der Waals surface area contributed by atoms with Crippen molar-refractivity contribution in [1.29, 1.82) is 0 Å².